The third kappa shape index (κ3) is 4.13. The largest absolute Gasteiger partial charge is 0.382 e. The average Bonchev–Trinajstić information content (AvgIpc) is 2.59. The fourth-order valence-corrected chi connectivity index (χ4v) is 4.38. The molecule has 7 nitrogen and oxygen atoms in total. The summed E-state index contributed by atoms with van der Waals surface area (Å²) in [6.45, 7) is 4.94. The Bertz CT molecular complexity index is 1020. The van der Waals surface area contributed by atoms with Crippen molar-refractivity contribution in [1.82, 2.24) is 14.1 Å². The van der Waals surface area contributed by atoms with Crippen LogP contribution in [0.2, 0.25) is 10.0 Å². The molecule has 1 fully saturated rings. The fraction of sp³-hybridized carbons (Fsp3) is 0.412. The SMILES string of the molecule is CCS(=O)(=O)N1CC(CNc2cnn(-c3ccc(C)c(Cl)c3)c(=O)c2Cl)C1. The Morgan fingerprint density at radius 2 is 2.00 bits per heavy atom. The van der Waals surface area contributed by atoms with Crippen LogP contribution in [0, 0.1) is 12.8 Å². The maximum atomic E-state index is 12.5. The van der Waals surface area contributed by atoms with Crippen molar-refractivity contribution in [3.8, 4) is 5.69 Å². The summed E-state index contributed by atoms with van der Waals surface area (Å²) in [5.74, 6) is 0.269. The van der Waals surface area contributed by atoms with Crippen LogP contribution in [0.1, 0.15) is 12.5 Å². The summed E-state index contributed by atoms with van der Waals surface area (Å²) in [5.41, 5.74) is 1.40. The van der Waals surface area contributed by atoms with E-state index in [0.29, 0.717) is 36.0 Å². The van der Waals surface area contributed by atoms with E-state index in [0.717, 1.165) is 5.56 Å². The number of hydrogen-bond donors (Lipinski definition) is 1. The van der Waals surface area contributed by atoms with Crippen molar-refractivity contribution in [2.24, 2.45) is 5.92 Å². The van der Waals surface area contributed by atoms with Crippen molar-refractivity contribution in [2.75, 3.05) is 30.7 Å². The van der Waals surface area contributed by atoms with Crippen molar-refractivity contribution in [2.45, 2.75) is 13.8 Å². The van der Waals surface area contributed by atoms with Gasteiger partial charge in [-0.3, -0.25) is 4.79 Å². The van der Waals surface area contributed by atoms with E-state index < -0.39 is 15.6 Å². The Morgan fingerprint density at radius 1 is 1.30 bits per heavy atom. The number of benzene rings is 1. The van der Waals surface area contributed by atoms with Gasteiger partial charge >= 0.3 is 0 Å². The van der Waals surface area contributed by atoms with Gasteiger partial charge in [0.25, 0.3) is 5.56 Å². The molecule has 1 saturated heterocycles. The Balaban J connectivity index is 1.69. The molecule has 27 heavy (non-hydrogen) atoms. The molecule has 1 N–H and O–H groups in total. The van der Waals surface area contributed by atoms with Crippen LogP contribution in [0.15, 0.2) is 29.2 Å². The van der Waals surface area contributed by atoms with E-state index in [-0.39, 0.29) is 16.7 Å². The number of nitrogens with zero attached hydrogens (tertiary/aromatic N) is 3. The smallest absolute Gasteiger partial charge is 0.292 e. The van der Waals surface area contributed by atoms with Gasteiger partial charge in [0.1, 0.15) is 5.02 Å². The van der Waals surface area contributed by atoms with Crippen LogP contribution < -0.4 is 10.9 Å². The number of hydrogen-bond acceptors (Lipinski definition) is 5. The maximum Gasteiger partial charge on any atom is 0.292 e. The van der Waals surface area contributed by atoms with Crippen LogP contribution in [-0.2, 0) is 10.0 Å². The van der Waals surface area contributed by atoms with Crippen molar-refractivity contribution in [1.29, 1.82) is 0 Å². The van der Waals surface area contributed by atoms with Crippen LogP contribution in [0.25, 0.3) is 5.69 Å². The Kier molecular flexibility index (Phi) is 5.81. The number of nitrogens with one attached hydrogen (secondary N) is 1. The second kappa shape index (κ2) is 7.79. The Hall–Kier alpha value is -1.61. The minimum atomic E-state index is -3.13. The lowest BCUT2D eigenvalue weighted by Crippen LogP contribution is -2.52. The molecule has 2 heterocycles. The first-order valence-corrected chi connectivity index (χ1v) is 10.9. The van der Waals surface area contributed by atoms with Crippen LogP contribution in [0.5, 0.6) is 0 Å². The number of sulfonamides is 1. The molecule has 0 atom stereocenters. The summed E-state index contributed by atoms with van der Waals surface area (Å²) >= 11 is 12.3. The topological polar surface area (TPSA) is 84.3 Å². The number of halogens is 2. The molecule has 1 aromatic heterocycles. The number of aromatic nitrogens is 2. The first kappa shape index (κ1) is 20.1. The minimum absolute atomic E-state index is 0.0269. The molecule has 2 aromatic rings. The van der Waals surface area contributed by atoms with Crippen molar-refractivity contribution in [3.05, 3.63) is 50.4 Å². The summed E-state index contributed by atoms with van der Waals surface area (Å²) in [4.78, 5) is 12.5. The van der Waals surface area contributed by atoms with Crippen LogP contribution in [0.4, 0.5) is 5.69 Å². The van der Waals surface area contributed by atoms with Crippen LogP contribution >= 0.6 is 23.2 Å². The van der Waals surface area contributed by atoms with E-state index in [1.54, 1.807) is 25.1 Å². The number of aryl methyl sites for hydroxylation is 1. The lowest BCUT2D eigenvalue weighted by Gasteiger charge is -2.38. The Labute approximate surface area is 167 Å². The first-order chi connectivity index (χ1) is 12.7. The van der Waals surface area contributed by atoms with E-state index in [9.17, 15) is 13.2 Å². The van der Waals surface area contributed by atoms with Gasteiger partial charge in [0, 0.05) is 30.6 Å². The zero-order valence-electron chi connectivity index (χ0n) is 14.9. The highest BCUT2D eigenvalue weighted by molar-refractivity contribution is 7.89. The van der Waals surface area contributed by atoms with Crippen LogP contribution in [-0.4, -0.2) is 47.9 Å². The standard InChI is InChI=1S/C17H20Cl2N4O3S/c1-3-27(25,26)22-9-12(10-22)7-20-15-8-21-23(17(24)16(15)19)13-5-4-11(2)14(18)6-13/h4-6,8,12,20H,3,7,9-10H2,1-2H3. The molecule has 0 bridgehead atoms. The molecular weight excluding hydrogens is 411 g/mol. The number of anilines is 1. The normalized spacial score (nSPS) is 15.6. The van der Waals surface area contributed by atoms with Gasteiger partial charge in [-0.05, 0) is 31.5 Å². The zero-order valence-corrected chi connectivity index (χ0v) is 17.3. The van der Waals surface area contributed by atoms with Gasteiger partial charge < -0.3 is 5.32 Å². The first-order valence-electron chi connectivity index (χ1n) is 8.49. The highest BCUT2D eigenvalue weighted by Gasteiger charge is 2.34. The molecule has 10 heteroatoms. The second-order valence-electron chi connectivity index (χ2n) is 6.49. The monoisotopic (exact) mass is 430 g/mol. The third-order valence-corrected chi connectivity index (χ3v) is 7.17. The van der Waals surface area contributed by atoms with Crippen molar-refractivity contribution in [3.63, 3.8) is 0 Å². The molecule has 0 radical (unpaired) electrons. The van der Waals surface area contributed by atoms with Gasteiger partial charge in [-0.1, -0.05) is 29.3 Å². The van der Waals surface area contributed by atoms with Gasteiger partial charge in [0.15, 0.2) is 0 Å². The van der Waals surface area contributed by atoms with Gasteiger partial charge in [-0.25, -0.2) is 12.7 Å². The summed E-state index contributed by atoms with van der Waals surface area (Å²) in [6.07, 6.45) is 1.48. The minimum Gasteiger partial charge on any atom is -0.382 e. The van der Waals surface area contributed by atoms with E-state index in [2.05, 4.69) is 10.4 Å². The predicted molar refractivity (Wildman–Crippen MR) is 108 cm³/mol. The van der Waals surface area contributed by atoms with Gasteiger partial charge in [0.05, 0.1) is 23.3 Å². The van der Waals surface area contributed by atoms with E-state index >= 15 is 0 Å². The van der Waals surface area contributed by atoms with Gasteiger partial charge in [0.2, 0.25) is 10.0 Å². The summed E-state index contributed by atoms with van der Waals surface area (Å²) in [6, 6.07) is 5.21. The summed E-state index contributed by atoms with van der Waals surface area (Å²) < 4.78 is 26.1. The molecule has 1 aliphatic heterocycles. The van der Waals surface area contributed by atoms with Gasteiger partial charge in [-0.15, -0.1) is 0 Å². The molecule has 146 valence electrons. The van der Waals surface area contributed by atoms with Crippen LogP contribution in [0.3, 0.4) is 0 Å². The molecule has 3 rings (SSSR count). The van der Waals surface area contributed by atoms with E-state index in [1.807, 2.05) is 6.92 Å². The lowest BCUT2D eigenvalue weighted by molar-refractivity contribution is 0.212. The third-order valence-electron chi connectivity index (χ3n) is 4.58. The highest BCUT2D eigenvalue weighted by atomic mass is 35.5. The fourth-order valence-electron chi connectivity index (χ4n) is 2.77. The summed E-state index contributed by atoms with van der Waals surface area (Å²) in [7, 11) is -3.13. The maximum absolute atomic E-state index is 12.5. The average molecular weight is 431 g/mol. The molecule has 1 aliphatic rings. The quantitative estimate of drug-likeness (QED) is 0.760. The summed E-state index contributed by atoms with van der Waals surface area (Å²) in [5, 5.41) is 7.82. The molecule has 1 aromatic carbocycles. The molecular formula is C17H20Cl2N4O3S. The van der Waals surface area contributed by atoms with E-state index in [1.165, 1.54) is 15.2 Å². The highest BCUT2D eigenvalue weighted by Crippen LogP contribution is 2.23. The molecule has 0 saturated carbocycles. The Morgan fingerprint density at radius 3 is 2.63 bits per heavy atom. The number of rotatable bonds is 6. The molecule has 0 aliphatic carbocycles. The van der Waals surface area contributed by atoms with Crippen molar-refractivity contribution >= 4 is 38.9 Å². The molecule has 0 unspecified atom stereocenters. The zero-order chi connectivity index (χ0) is 19.8. The molecule has 0 amide bonds. The predicted octanol–water partition coefficient (Wildman–Crippen LogP) is 2.54. The lowest BCUT2D eigenvalue weighted by atomic mass is 10.0. The van der Waals surface area contributed by atoms with Crippen molar-refractivity contribution < 1.29 is 8.42 Å². The second-order valence-corrected chi connectivity index (χ2v) is 9.53. The van der Waals surface area contributed by atoms with Gasteiger partial charge in [-0.2, -0.15) is 9.78 Å². The molecule has 0 spiro atoms. The van der Waals surface area contributed by atoms with E-state index in [4.69, 9.17) is 23.2 Å².